The van der Waals surface area contributed by atoms with E-state index in [0.29, 0.717) is 46.8 Å². The number of hydrogen-bond acceptors (Lipinski definition) is 13. The smallest absolute Gasteiger partial charge is 0.260 e. The number of fused-ring (bicyclic) bond motifs is 4. The molecule has 7 rings (SSSR count). The topological polar surface area (TPSA) is 177 Å². The Bertz CT molecular complexity index is 2370. The first-order valence-electron chi connectivity index (χ1n) is 25.0. The van der Waals surface area contributed by atoms with Gasteiger partial charge < -0.3 is 47.3 Å². The molecule has 17 nitrogen and oxygen atoms in total. The molecule has 2 aromatic rings. The molecule has 5 aliphatic rings. The quantitative estimate of drug-likeness (QED) is 0.0482. The second-order valence-corrected chi connectivity index (χ2v) is 22.2. The van der Waals surface area contributed by atoms with Gasteiger partial charge in [-0.15, -0.1) is 0 Å². The van der Waals surface area contributed by atoms with Gasteiger partial charge in [0.1, 0.15) is 25.0 Å². The zero-order valence-electron chi connectivity index (χ0n) is 45.3. The van der Waals surface area contributed by atoms with Crippen LogP contribution < -0.4 is 11.1 Å². The van der Waals surface area contributed by atoms with Gasteiger partial charge in [-0.2, -0.15) is 0 Å². The molecule has 21 heteroatoms. The van der Waals surface area contributed by atoms with E-state index in [9.17, 15) is 9.59 Å². The number of aliphatic hydroxyl groups excluding tert-OH is 2. The Morgan fingerprint density at radius 2 is 1.34 bits per heavy atom. The van der Waals surface area contributed by atoms with Crippen LogP contribution in [0.15, 0.2) is 22.0 Å². The molecule has 1 saturated heterocycles. The Balaban J connectivity index is 0.000000278. The van der Waals surface area contributed by atoms with E-state index in [1.165, 1.54) is 14.2 Å². The van der Waals surface area contributed by atoms with Gasteiger partial charge in [-0.1, -0.05) is 6.42 Å². The van der Waals surface area contributed by atoms with Crippen LogP contribution in [0, 0.1) is 54.3 Å². The molecule has 5 fully saturated rings. The number of nitrogens with zero attached hydrogens (tertiary/aromatic N) is 6. The van der Waals surface area contributed by atoms with Crippen molar-refractivity contribution in [2.75, 3.05) is 40.5 Å². The monoisotopic (exact) mass is 1020 g/mol. The zero-order valence-corrected chi connectivity index (χ0v) is 44.7. The van der Waals surface area contributed by atoms with Crippen molar-refractivity contribution < 1.29 is 35.8 Å². The van der Waals surface area contributed by atoms with Crippen molar-refractivity contribution in [1.29, 1.82) is 2.86 Å². The maximum atomic E-state index is 12.0. The Hall–Kier alpha value is -2.32. The minimum atomic E-state index is -1.46. The van der Waals surface area contributed by atoms with Crippen LogP contribution in [0.2, 0.25) is 0 Å². The van der Waals surface area contributed by atoms with E-state index in [4.69, 9.17) is 66.0 Å². The average molecular weight is 1020 g/mol. The molecule has 4 aliphatic carbocycles. The van der Waals surface area contributed by atoms with Crippen molar-refractivity contribution >= 4 is 41.5 Å². The summed E-state index contributed by atoms with van der Waals surface area (Å²) in [6, 6.07) is 0.902. The normalized spacial score (nSPS) is 30.6. The van der Waals surface area contributed by atoms with E-state index in [0.717, 1.165) is 38.5 Å². The molecule has 0 radical (unpaired) electrons. The summed E-state index contributed by atoms with van der Waals surface area (Å²) in [5, 5.41) is 7.00. The maximum absolute atomic E-state index is 12.0. The molecule has 1 aliphatic heterocycles. The highest BCUT2D eigenvalue weighted by Gasteiger charge is 2.68. The van der Waals surface area contributed by atoms with Gasteiger partial charge in [-0.25, -0.2) is 22.5 Å². The number of hydrogen-bond donors (Lipinski definition) is 4. The lowest BCUT2D eigenvalue weighted by atomic mass is 9.93. The zero-order chi connectivity index (χ0) is 53.2. The Morgan fingerprint density at radius 3 is 1.84 bits per heavy atom. The van der Waals surface area contributed by atoms with E-state index >= 15 is 0 Å². The number of aryl methyl sites for hydroxylation is 2. The van der Waals surface area contributed by atoms with Crippen LogP contribution in [0.4, 0.5) is 0 Å². The molecular formula is C46H76N8O9P2S2. The number of nitrogens with one attached hydrogen (secondary N) is 2. The SMILES string of the molecule is [2H][C@H]1CC[C@]2(OP(OCC[N+]#[C-])N(C(C)C)C(C)C)C[C@H](n3cc(C)c(=O)[nH]c3=S)C[C@H]12.[2H][C@]12C[C@H]1C[C@]1(OP(OCC[N+]#[C-])N(C(C)C)C(C)C)C[C@H](n3cc(C)c(=O)[nH]c3=S)O[C@@H]12.[3H]OC.[3H]OC. The minimum absolute atomic E-state index is 0.0721. The van der Waals surface area contributed by atoms with Crippen molar-refractivity contribution in [2.45, 2.75) is 174 Å². The molecule has 67 heavy (non-hydrogen) atoms. The fourth-order valence-electron chi connectivity index (χ4n) is 9.96. The Kier molecular flexibility index (Phi) is 19.6. The van der Waals surface area contributed by atoms with Crippen LogP contribution in [-0.2, 0) is 22.8 Å². The molecule has 376 valence electrons. The summed E-state index contributed by atoms with van der Waals surface area (Å²) in [5.74, 6) is -0.329. The molecule has 11 atom stereocenters. The summed E-state index contributed by atoms with van der Waals surface area (Å²) in [6.45, 7) is 35.9. The highest BCUT2D eigenvalue weighted by atomic mass is 32.1. The van der Waals surface area contributed by atoms with Crippen LogP contribution in [-0.4, -0.2) is 124 Å². The van der Waals surface area contributed by atoms with E-state index in [2.05, 4.69) is 94.6 Å². The van der Waals surface area contributed by atoms with Crippen LogP contribution in [0.1, 0.15) is 133 Å². The van der Waals surface area contributed by atoms with Gasteiger partial charge in [0.05, 0.1) is 11.7 Å². The number of aliphatic hydroxyl groups is 2. The summed E-state index contributed by atoms with van der Waals surface area (Å²) in [4.78, 5) is 36.3. The van der Waals surface area contributed by atoms with Gasteiger partial charge in [0, 0.05) is 77.1 Å². The van der Waals surface area contributed by atoms with Crippen molar-refractivity contribution in [3.8, 4) is 0 Å². The van der Waals surface area contributed by atoms with Gasteiger partial charge in [-0.3, -0.25) is 24.1 Å². The number of aromatic nitrogens is 4. The van der Waals surface area contributed by atoms with E-state index in [-0.39, 0.29) is 66.1 Å². The first kappa shape index (κ1) is 51.0. The molecule has 4 N–H and O–H groups in total. The van der Waals surface area contributed by atoms with Crippen LogP contribution in [0.3, 0.4) is 0 Å². The summed E-state index contributed by atoms with van der Waals surface area (Å²) in [6.07, 6.45) is 7.78. The standard InChI is InChI=1S/C22H33N4O4PS.C22H35N4O3PS.2CH4O/c1-13(2)26(14(3)4)31(28-8-7-23-6)30-22-10-16-9-17(16)19(22)29-18(11-22)25-12-15(5)20(27)24-21(25)32;1-15(2)26(16(3)4)30(28-11-10-23-6)29-22-9-7-8-18(22)12-19(13-22)25-14-17(5)20(27)24-21(25)31;2*1-2/h12-14,16-19H,7-11H2,1-5H3,(H,24,27,32);14-16,18-19H,7-13H2,1-5H3,(H,24,27,31);2*2H,1H3/t16-,17-,18+,19+,22-,31?;18-,19+,22-,30?;;/m00../s1/i17D;8D;2*2T/tm;8-,18-,19+,22-,30?;;. The van der Waals surface area contributed by atoms with Gasteiger partial charge in [0.15, 0.2) is 9.54 Å². The summed E-state index contributed by atoms with van der Waals surface area (Å²) in [7, 11) is -0.257. The third-order valence-corrected chi connectivity index (χ3v) is 17.8. The largest absolute Gasteiger partial charge is 0.400 e. The lowest BCUT2D eigenvalue weighted by Crippen LogP contribution is -2.42. The molecule has 2 aromatic heterocycles. The molecule has 4 saturated carbocycles. The first-order chi connectivity index (χ1) is 33.4. The average Bonchev–Trinajstić information content (AvgIpc) is 3.57. The molecule has 0 bridgehead atoms. The first-order valence-corrected chi connectivity index (χ1v) is 26.2. The summed E-state index contributed by atoms with van der Waals surface area (Å²) >= 11 is 10.9. The fraction of sp³-hybridized carbons (Fsp3) is 0.783. The Labute approximate surface area is 416 Å². The maximum Gasteiger partial charge on any atom is 0.260 e. The summed E-state index contributed by atoms with van der Waals surface area (Å²) < 4.78 is 70.7. The van der Waals surface area contributed by atoms with Crippen LogP contribution >= 0.6 is 41.5 Å². The van der Waals surface area contributed by atoms with Gasteiger partial charge in [0.2, 0.25) is 16.0 Å². The second kappa shape index (κ2) is 25.7. The number of rotatable bonds is 18. The predicted octanol–water partition coefficient (Wildman–Crippen LogP) is 9.18. The van der Waals surface area contributed by atoms with Gasteiger partial charge in [0.25, 0.3) is 28.2 Å². The molecular weight excluding hydrogens is 935 g/mol. The highest BCUT2D eigenvalue weighted by molar-refractivity contribution is 7.71. The van der Waals surface area contributed by atoms with Crippen molar-refractivity contribution in [2.24, 2.45) is 17.7 Å². The minimum Gasteiger partial charge on any atom is -0.400 e. The fourth-order valence-corrected chi connectivity index (χ4v) is 14.2. The van der Waals surface area contributed by atoms with Crippen molar-refractivity contribution in [3.63, 3.8) is 0 Å². The van der Waals surface area contributed by atoms with E-state index in [1.54, 1.807) is 24.6 Å². The predicted molar refractivity (Wildman–Crippen MR) is 268 cm³/mol. The molecule has 2 unspecified atom stereocenters. The van der Waals surface area contributed by atoms with E-state index in [1.807, 2.05) is 10.8 Å². The van der Waals surface area contributed by atoms with E-state index < -0.39 is 46.5 Å². The molecule has 0 spiro atoms. The number of H-pyrrole nitrogens is 2. The second-order valence-electron chi connectivity index (χ2n) is 18.6. The highest BCUT2D eigenvalue weighted by Crippen LogP contribution is 2.68. The van der Waals surface area contributed by atoms with Crippen molar-refractivity contribution in [1.82, 2.24) is 28.4 Å². The van der Waals surface area contributed by atoms with Crippen molar-refractivity contribution in [3.05, 3.63) is 76.6 Å². The number of ether oxygens (including phenoxy) is 1. The van der Waals surface area contributed by atoms with Crippen LogP contribution in [0.5, 0.6) is 0 Å². The number of aromatic amines is 2. The molecule has 0 aromatic carbocycles. The lowest BCUT2D eigenvalue weighted by Gasteiger charge is -2.41. The van der Waals surface area contributed by atoms with Crippen LogP contribution in [0.25, 0.3) is 9.69 Å². The molecule has 0 amide bonds. The third kappa shape index (κ3) is 13.6. The molecule has 3 heterocycles. The Morgan fingerprint density at radius 1 is 0.866 bits per heavy atom. The third-order valence-electron chi connectivity index (χ3n) is 12.7. The van der Waals surface area contributed by atoms with Gasteiger partial charge >= 0.3 is 0 Å². The summed E-state index contributed by atoms with van der Waals surface area (Å²) in [5.41, 5.74) is -0.305. The van der Waals surface area contributed by atoms with Gasteiger partial charge in [-0.05, 0) is 150 Å². The lowest BCUT2D eigenvalue weighted by molar-refractivity contribution is -0.0496.